The molecule has 0 radical (unpaired) electrons. The molecule has 35 heavy (non-hydrogen) atoms. The molecule has 2 atom stereocenters. The third-order valence-corrected chi connectivity index (χ3v) is 6.96. The average Bonchev–Trinajstić information content (AvgIpc) is 2.82. The third kappa shape index (κ3) is 5.85. The van der Waals surface area contributed by atoms with E-state index in [9.17, 15) is 14.7 Å². The summed E-state index contributed by atoms with van der Waals surface area (Å²) < 4.78 is 0. The summed E-state index contributed by atoms with van der Waals surface area (Å²) in [6, 6.07) is 17.6. The predicted octanol–water partition coefficient (Wildman–Crippen LogP) is 7.04. The van der Waals surface area contributed by atoms with Crippen molar-refractivity contribution in [2.45, 2.75) is 53.1 Å². The van der Waals surface area contributed by atoms with Crippen LogP contribution in [-0.2, 0) is 4.79 Å². The van der Waals surface area contributed by atoms with Crippen LogP contribution < -0.4 is 5.32 Å². The van der Waals surface area contributed by atoms with E-state index >= 15 is 0 Å². The Bertz CT molecular complexity index is 1230. The first-order chi connectivity index (χ1) is 16.5. The number of aryl methyl sites for hydroxylation is 3. The molecule has 0 bridgehead atoms. The number of carboxylic acids is 1. The minimum absolute atomic E-state index is 0.149. The molecule has 0 heterocycles. The second-order valence-electron chi connectivity index (χ2n) is 9.11. The lowest BCUT2D eigenvalue weighted by atomic mass is 9.94. The molecule has 3 rings (SSSR count). The highest BCUT2D eigenvalue weighted by Crippen LogP contribution is 2.31. The van der Waals surface area contributed by atoms with Crippen molar-refractivity contribution in [1.29, 1.82) is 0 Å². The van der Waals surface area contributed by atoms with E-state index in [1.54, 1.807) is 0 Å². The number of halogens is 1. The molecule has 0 aliphatic heterocycles. The third-order valence-electron chi connectivity index (χ3n) is 6.53. The van der Waals surface area contributed by atoms with Gasteiger partial charge in [0.2, 0.25) is 0 Å². The van der Waals surface area contributed by atoms with Crippen LogP contribution in [0.3, 0.4) is 0 Å². The van der Waals surface area contributed by atoms with Crippen LogP contribution in [0.1, 0.15) is 58.9 Å². The number of benzene rings is 3. The molecule has 1 amide bonds. The van der Waals surface area contributed by atoms with Gasteiger partial charge in [0.15, 0.2) is 0 Å². The molecule has 0 aliphatic rings. The number of amides is 1. The zero-order valence-electron chi connectivity index (χ0n) is 21.1. The fourth-order valence-electron chi connectivity index (χ4n) is 4.28. The second-order valence-corrected chi connectivity index (χ2v) is 9.52. The highest BCUT2D eigenvalue weighted by atomic mass is 35.5. The molecular formula is C29H33ClN2O3. The number of nitrogens with one attached hydrogen (secondary N) is 1. The monoisotopic (exact) mass is 492 g/mol. The van der Waals surface area contributed by atoms with Gasteiger partial charge in [-0.05, 0) is 85.7 Å². The Kier molecular flexibility index (Phi) is 8.23. The van der Waals surface area contributed by atoms with E-state index in [2.05, 4.69) is 36.5 Å². The van der Waals surface area contributed by atoms with Crippen molar-refractivity contribution in [3.05, 3.63) is 87.4 Å². The van der Waals surface area contributed by atoms with Crippen LogP contribution in [0.25, 0.3) is 11.1 Å². The second kappa shape index (κ2) is 11.0. The van der Waals surface area contributed by atoms with Gasteiger partial charge < -0.3 is 15.3 Å². The van der Waals surface area contributed by atoms with Crippen molar-refractivity contribution in [2.75, 3.05) is 12.4 Å². The number of carbonyl (C=O) groups is 2. The van der Waals surface area contributed by atoms with Gasteiger partial charge in [0, 0.05) is 23.3 Å². The number of carboxylic acid groups (broad SMARTS) is 1. The van der Waals surface area contributed by atoms with Crippen LogP contribution >= 0.6 is 11.6 Å². The van der Waals surface area contributed by atoms with Gasteiger partial charge in [-0.3, -0.25) is 4.79 Å². The summed E-state index contributed by atoms with van der Waals surface area (Å²) in [5.74, 6) is -1.32. The predicted molar refractivity (Wildman–Crippen MR) is 143 cm³/mol. The highest BCUT2D eigenvalue weighted by molar-refractivity contribution is 6.31. The maximum absolute atomic E-state index is 13.0. The summed E-state index contributed by atoms with van der Waals surface area (Å²) >= 11 is 6.21. The van der Waals surface area contributed by atoms with Crippen LogP contribution in [0.5, 0.6) is 0 Å². The Hall–Kier alpha value is -3.31. The summed E-state index contributed by atoms with van der Waals surface area (Å²) in [4.78, 5) is 25.6. The molecular weight excluding hydrogens is 460 g/mol. The molecule has 0 fully saturated rings. The van der Waals surface area contributed by atoms with Gasteiger partial charge in [-0.2, -0.15) is 0 Å². The molecule has 184 valence electrons. The maximum atomic E-state index is 13.0. The quantitative estimate of drug-likeness (QED) is 0.353. The van der Waals surface area contributed by atoms with Gasteiger partial charge in [0.1, 0.15) is 6.04 Å². The summed E-state index contributed by atoms with van der Waals surface area (Å²) in [5, 5.41) is 13.7. The topological polar surface area (TPSA) is 69.6 Å². The lowest BCUT2D eigenvalue weighted by Gasteiger charge is -2.24. The number of hydrogen-bond acceptors (Lipinski definition) is 3. The maximum Gasteiger partial charge on any atom is 0.326 e. The molecule has 0 saturated carbocycles. The number of anilines is 1. The summed E-state index contributed by atoms with van der Waals surface area (Å²) in [6.07, 6.45) is 0.919. The Morgan fingerprint density at radius 3 is 2.20 bits per heavy atom. The van der Waals surface area contributed by atoms with Crippen LogP contribution in [-0.4, -0.2) is 35.0 Å². The van der Waals surface area contributed by atoms with E-state index < -0.39 is 12.0 Å². The fourth-order valence-corrected chi connectivity index (χ4v) is 4.40. The van der Waals surface area contributed by atoms with E-state index in [1.165, 1.54) is 24.4 Å². The van der Waals surface area contributed by atoms with Crippen molar-refractivity contribution >= 4 is 29.2 Å². The fraction of sp³-hybridized carbons (Fsp3) is 0.310. The molecule has 3 aromatic carbocycles. The van der Waals surface area contributed by atoms with Gasteiger partial charge in [0.05, 0.1) is 6.04 Å². The number of aliphatic carboxylic acids is 1. The van der Waals surface area contributed by atoms with Gasteiger partial charge in [-0.1, -0.05) is 54.9 Å². The molecule has 3 aromatic rings. The van der Waals surface area contributed by atoms with Gasteiger partial charge >= 0.3 is 5.97 Å². The zero-order valence-corrected chi connectivity index (χ0v) is 21.9. The zero-order chi connectivity index (χ0) is 25.9. The largest absolute Gasteiger partial charge is 0.480 e. The molecule has 6 heteroatoms. The van der Waals surface area contributed by atoms with Crippen molar-refractivity contribution < 1.29 is 14.7 Å². The lowest BCUT2D eigenvalue weighted by Crippen LogP contribution is -2.40. The Morgan fingerprint density at radius 2 is 1.63 bits per heavy atom. The molecule has 5 nitrogen and oxygen atoms in total. The average molecular weight is 493 g/mol. The number of carbonyl (C=O) groups excluding carboxylic acids is 1. The van der Waals surface area contributed by atoms with Crippen LogP contribution in [0.4, 0.5) is 5.69 Å². The first kappa shape index (κ1) is 26.3. The Morgan fingerprint density at radius 1 is 0.971 bits per heavy atom. The Labute approximate surface area is 212 Å². The number of likely N-dealkylation sites (N-methyl/N-ethyl adjacent to an activating group) is 1. The molecule has 2 N–H and O–H groups in total. The summed E-state index contributed by atoms with van der Waals surface area (Å²) in [5.41, 5.74) is 7.47. The first-order valence-electron chi connectivity index (χ1n) is 11.8. The van der Waals surface area contributed by atoms with Crippen LogP contribution in [0, 0.1) is 20.8 Å². The summed E-state index contributed by atoms with van der Waals surface area (Å²) in [7, 11) is 1.52. The number of rotatable bonds is 8. The SMILES string of the molecule is CC[C@@H](Nc1cccc(-c2cc(C)c(C(=O)N(C)[C@@H](C)C(=O)O)c(C)c2)c1)c1ccc(Cl)c(C)c1. The van der Waals surface area contributed by atoms with E-state index in [0.29, 0.717) is 5.56 Å². The molecule has 0 saturated heterocycles. The van der Waals surface area contributed by atoms with Crippen LogP contribution in [0.2, 0.25) is 5.02 Å². The summed E-state index contributed by atoms with van der Waals surface area (Å²) in [6.45, 7) is 9.45. The molecule has 0 spiro atoms. The lowest BCUT2D eigenvalue weighted by molar-refractivity contribution is -0.141. The standard InChI is InChI=1S/C29H33ClN2O3/c1-7-26(22-11-12-25(30)17(2)13-22)31-24-10-8-9-21(16-24)23-14-18(3)27(19(4)15-23)28(33)32(6)20(5)29(34)35/h8-16,20,26,31H,7H2,1-6H3,(H,34,35)/t20-,26+/m0/s1. The van der Waals surface area contributed by atoms with E-state index in [-0.39, 0.29) is 11.9 Å². The molecule has 0 aromatic heterocycles. The van der Waals surface area contributed by atoms with Gasteiger partial charge in [-0.15, -0.1) is 0 Å². The van der Waals surface area contributed by atoms with Crippen molar-refractivity contribution in [3.8, 4) is 11.1 Å². The van der Waals surface area contributed by atoms with Crippen molar-refractivity contribution in [3.63, 3.8) is 0 Å². The van der Waals surface area contributed by atoms with Gasteiger partial charge in [0.25, 0.3) is 5.91 Å². The normalized spacial score (nSPS) is 12.7. The van der Waals surface area contributed by atoms with Gasteiger partial charge in [-0.25, -0.2) is 4.79 Å². The van der Waals surface area contributed by atoms with Crippen LogP contribution in [0.15, 0.2) is 54.6 Å². The smallest absolute Gasteiger partial charge is 0.326 e. The number of hydrogen-bond donors (Lipinski definition) is 2. The van der Waals surface area contributed by atoms with E-state index in [1.807, 2.05) is 51.1 Å². The van der Waals surface area contributed by atoms with Crippen molar-refractivity contribution in [1.82, 2.24) is 4.90 Å². The van der Waals surface area contributed by atoms with Crippen molar-refractivity contribution in [2.24, 2.45) is 0 Å². The minimum Gasteiger partial charge on any atom is -0.480 e. The van der Waals surface area contributed by atoms with E-state index in [0.717, 1.165) is 44.9 Å². The molecule has 0 unspecified atom stereocenters. The Balaban J connectivity index is 1.89. The van der Waals surface area contributed by atoms with E-state index in [4.69, 9.17) is 11.6 Å². The minimum atomic E-state index is -1.03. The molecule has 0 aliphatic carbocycles. The first-order valence-corrected chi connectivity index (χ1v) is 12.2. The highest BCUT2D eigenvalue weighted by Gasteiger charge is 2.25. The number of nitrogens with zero attached hydrogens (tertiary/aromatic N) is 1.